The molecule has 0 radical (unpaired) electrons. The zero-order valence-corrected chi connectivity index (χ0v) is 9.77. The van der Waals surface area contributed by atoms with Gasteiger partial charge in [0, 0.05) is 23.7 Å². The average molecular weight is 211 g/mol. The highest BCUT2D eigenvalue weighted by Crippen LogP contribution is 2.09. The summed E-state index contributed by atoms with van der Waals surface area (Å²) >= 11 is 1.88. The Labute approximate surface area is 89.7 Å². The van der Waals surface area contributed by atoms with Crippen molar-refractivity contribution in [2.24, 2.45) is 0 Å². The van der Waals surface area contributed by atoms with Crippen molar-refractivity contribution < 1.29 is 0 Å². The number of thioether (sulfide) groups is 1. The molecule has 4 heteroatoms. The lowest BCUT2D eigenvalue weighted by Crippen LogP contribution is -2.10. The van der Waals surface area contributed by atoms with E-state index in [9.17, 15) is 0 Å². The SMILES string of the molecule is CSC(C)CCNc1nccc(C)n1. The van der Waals surface area contributed by atoms with E-state index in [-0.39, 0.29) is 0 Å². The van der Waals surface area contributed by atoms with Gasteiger partial charge < -0.3 is 5.32 Å². The number of aromatic nitrogens is 2. The smallest absolute Gasteiger partial charge is 0.222 e. The van der Waals surface area contributed by atoms with Gasteiger partial charge in [0.25, 0.3) is 0 Å². The van der Waals surface area contributed by atoms with Crippen molar-refractivity contribution in [3.05, 3.63) is 18.0 Å². The average Bonchev–Trinajstić information content (AvgIpc) is 2.17. The van der Waals surface area contributed by atoms with Crippen LogP contribution in [0.3, 0.4) is 0 Å². The fourth-order valence-corrected chi connectivity index (χ4v) is 1.39. The van der Waals surface area contributed by atoms with Crippen molar-refractivity contribution in [3.8, 4) is 0 Å². The normalized spacial score (nSPS) is 12.5. The van der Waals surface area contributed by atoms with Crippen LogP contribution in [0.25, 0.3) is 0 Å². The molecule has 0 bridgehead atoms. The third-order valence-corrected chi connectivity index (χ3v) is 3.07. The summed E-state index contributed by atoms with van der Waals surface area (Å²) in [6.07, 6.45) is 5.05. The molecule has 1 atom stereocenters. The maximum atomic E-state index is 4.27. The highest BCUT2D eigenvalue weighted by Gasteiger charge is 1.99. The summed E-state index contributed by atoms with van der Waals surface area (Å²) in [5.74, 6) is 0.735. The van der Waals surface area contributed by atoms with E-state index in [4.69, 9.17) is 0 Å². The molecular formula is C10H17N3S. The van der Waals surface area contributed by atoms with E-state index in [1.165, 1.54) is 0 Å². The van der Waals surface area contributed by atoms with Crippen LogP contribution >= 0.6 is 11.8 Å². The summed E-state index contributed by atoms with van der Waals surface area (Å²) < 4.78 is 0. The van der Waals surface area contributed by atoms with Crippen molar-refractivity contribution in [1.29, 1.82) is 0 Å². The lowest BCUT2D eigenvalue weighted by atomic mass is 10.3. The summed E-state index contributed by atoms with van der Waals surface area (Å²) in [7, 11) is 0. The zero-order chi connectivity index (χ0) is 10.4. The van der Waals surface area contributed by atoms with Gasteiger partial charge in [-0.05, 0) is 25.7 Å². The lowest BCUT2D eigenvalue weighted by molar-refractivity contribution is 0.843. The van der Waals surface area contributed by atoms with Gasteiger partial charge in [-0.15, -0.1) is 0 Å². The first-order chi connectivity index (χ1) is 6.72. The molecule has 14 heavy (non-hydrogen) atoms. The highest BCUT2D eigenvalue weighted by molar-refractivity contribution is 7.99. The molecule has 0 aliphatic carbocycles. The van der Waals surface area contributed by atoms with E-state index in [2.05, 4.69) is 28.5 Å². The third kappa shape index (κ3) is 3.96. The molecule has 1 unspecified atom stereocenters. The molecule has 1 rings (SSSR count). The molecule has 0 amide bonds. The third-order valence-electron chi connectivity index (χ3n) is 2.03. The molecule has 0 spiro atoms. The van der Waals surface area contributed by atoms with Crippen molar-refractivity contribution in [2.45, 2.75) is 25.5 Å². The van der Waals surface area contributed by atoms with Crippen molar-refractivity contribution in [3.63, 3.8) is 0 Å². The molecule has 0 aliphatic rings. The van der Waals surface area contributed by atoms with Crippen LogP contribution in [0, 0.1) is 6.92 Å². The predicted molar refractivity (Wildman–Crippen MR) is 62.9 cm³/mol. The summed E-state index contributed by atoms with van der Waals surface area (Å²) in [5.41, 5.74) is 1.00. The minimum absolute atomic E-state index is 0.687. The van der Waals surface area contributed by atoms with Crippen LogP contribution in [-0.4, -0.2) is 28.0 Å². The summed E-state index contributed by atoms with van der Waals surface area (Å²) in [4.78, 5) is 8.40. The van der Waals surface area contributed by atoms with Crippen molar-refractivity contribution in [2.75, 3.05) is 18.1 Å². The first kappa shape index (κ1) is 11.3. The summed E-state index contributed by atoms with van der Waals surface area (Å²) in [6.45, 7) is 5.13. The first-order valence-electron chi connectivity index (χ1n) is 4.78. The van der Waals surface area contributed by atoms with E-state index >= 15 is 0 Å². The number of nitrogens with one attached hydrogen (secondary N) is 1. The largest absolute Gasteiger partial charge is 0.354 e. The van der Waals surface area contributed by atoms with Gasteiger partial charge >= 0.3 is 0 Å². The molecule has 78 valence electrons. The van der Waals surface area contributed by atoms with Gasteiger partial charge in [-0.3, -0.25) is 0 Å². The summed E-state index contributed by atoms with van der Waals surface area (Å²) in [5, 5.41) is 3.90. The number of hydrogen-bond acceptors (Lipinski definition) is 4. The van der Waals surface area contributed by atoms with Crippen LogP contribution in [0.2, 0.25) is 0 Å². The Balaban J connectivity index is 2.31. The first-order valence-corrected chi connectivity index (χ1v) is 6.07. The second-order valence-electron chi connectivity index (χ2n) is 3.28. The molecule has 0 saturated carbocycles. The molecule has 1 aromatic rings. The number of hydrogen-bond donors (Lipinski definition) is 1. The van der Waals surface area contributed by atoms with Gasteiger partial charge in [0.2, 0.25) is 5.95 Å². The van der Waals surface area contributed by atoms with Gasteiger partial charge in [-0.1, -0.05) is 6.92 Å². The maximum Gasteiger partial charge on any atom is 0.222 e. The van der Waals surface area contributed by atoms with Gasteiger partial charge in [0.05, 0.1) is 0 Å². The van der Waals surface area contributed by atoms with Gasteiger partial charge in [-0.2, -0.15) is 11.8 Å². The molecule has 0 fully saturated rings. The van der Waals surface area contributed by atoms with Crippen LogP contribution in [0.15, 0.2) is 12.3 Å². The molecular weight excluding hydrogens is 194 g/mol. The monoisotopic (exact) mass is 211 g/mol. The van der Waals surface area contributed by atoms with E-state index in [0.29, 0.717) is 5.25 Å². The van der Waals surface area contributed by atoms with E-state index in [1.54, 1.807) is 6.20 Å². The summed E-state index contributed by atoms with van der Waals surface area (Å²) in [6, 6.07) is 1.90. The van der Waals surface area contributed by atoms with Crippen LogP contribution in [0.1, 0.15) is 19.0 Å². The van der Waals surface area contributed by atoms with E-state index in [1.807, 2.05) is 24.8 Å². The van der Waals surface area contributed by atoms with Crippen molar-refractivity contribution in [1.82, 2.24) is 9.97 Å². The number of anilines is 1. The fourth-order valence-electron chi connectivity index (χ4n) is 1.04. The van der Waals surface area contributed by atoms with Crippen molar-refractivity contribution >= 4 is 17.7 Å². The Morgan fingerprint density at radius 3 is 3.00 bits per heavy atom. The minimum atomic E-state index is 0.687. The van der Waals surface area contributed by atoms with E-state index < -0.39 is 0 Å². The second kappa shape index (κ2) is 5.86. The predicted octanol–water partition coefficient (Wildman–Crippen LogP) is 2.34. The second-order valence-corrected chi connectivity index (χ2v) is 4.56. The van der Waals surface area contributed by atoms with E-state index in [0.717, 1.165) is 24.6 Å². The van der Waals surface area contributed by atoms with Gasteiger partial charge in [0.1, 0.15) is 0 Å². The highest BCUT2D eigenvalue weighted by atomic mass is 32.2. The maximum absolute atomic E-state index is 4.27. The Bertz CT molecular complexity index is 278. The zero-order valence-electron chi connectivity index (χ0n) is 8.95. The number of nitrogens with zero attached hydrogens (tertiary/aromatic N) is 2. The van der Waals surface area contributed by atoms with Crippen LogP contribution in [0.5, 0.6) is 0 Å². The molecule has 1 heterocycles. The standard InChI is InChI=1S/C10H17N3S/c1-8-4-6-11-10(13-8)12-7-5-9(2)14-3/h4,6,9H,5,7H2,1-3H3,(H,11,12,13). The van der Waals surface area contributed by atoms with Crippen LogP contribution < -0.4 is 5.32 Å². The minimum Gasteiger partial charge on any atom is -0.354 e. The lowest BCUT2D eigenvalue weighted by Gasteiger charge is -2.08. The van der Waals surface area contributed by atoms with Gasteiger partial charge in [0.15, 0.2) is 0 Å². The molecule has 0 aromatic carbocycles. The topological polar surface area (TPSA) is 37.8 Å². The molecule has 1 aromatic heterocycles. The Hall–Kier alpha value is -0.770. The molecule has 0 aliphatic heterocycles. The quantitative estimate of drug-likeness (QED) is 0.811. The molecule has 3 nitrogen and oxygen atoms in total. The number of rotatable bonds is 5. The molecule has 0 saturated heterocycles. The van der Waals surface area contributed by atoms with Crippen LogP contribution in [-0.2, 0) is 0 Å². The number of aryl methyl sites for hydroxylation is 1. The Kier molecular flexibility index (Phi) is 4.73. The van der Waals surface area contributed by atoms with Crippen LogP contribution in [0.4, 0.5) is 5.95 Å². The Morgan fingerprint density at radius 1 is 1.57 bits per heavy atom. The fraction of sp³-hybridized carbons (Fsp3) is 0.600. The van der Waals surface area contributed by atoms with Gasteiger partial charge in [-0.25, -0.2) is 9.97 Å². The Morgan fingerprint density at radius 2 is 2.36 bits per heavy atom. The molecule has 1 N–H and O–H groups in total.